The van der Waals surface area contributed by atoms with Crippen molar-refractivity contribution in [3.63, 3.8) is 0 Å². The van der Waals surface area contributed by atoms with E-state index in [0.717, 1.165) is 52.6 Å². The van der Waals surface area contributed by atoms with Crippen LogP contribution in [0.15, 0.2) is 22.9 Å². The highest BCUT2D eigenvalue weighted by atomic mass is 16.5. The molecule has 1 N–H and O–H groups in total. The molecule has 0 aliphatic heterocycles. The minimum Gasteiger partial charge on any atom is -0.365 e. The summed E-state index contributed by atoms with van der Waals surface area (Å²) in [6.07, 6.45) is 4.11. The van der Waals surface area contributed by atoms with E-state index in [1.165, 1.54) is 0 Å². The number of fused-ring (bicyclic) bond motifs is 1. The summed E-state index contributed by atoms with van der Waals surface area (Å²) in [6, 6.07) is 4.21. The van der Waals surface area contributed by atoms with Crippen molar-refractivity contribution in [1.29, 1.82) is 0 Å². The van der Waals surface area contributed by atoms with E-state index in [0.29, 0.717) is 0 Å². The van der Waals surface area contributed by atoms with Gasteiger partial charge in [-0.15, -0.1) is 0 Å². The summed E-state index contributed by atoms with van der Waals surface area (Å²) in [5.41, 5.74) is 5.10. The van der Waals surface area contributed by atoms with Gasteiger partial charge in [-0.1, -0.05) is 18.5 Å². The van der Waals surface area contributed by atoms with E-state index in [9.17, 15) is 0 Å². The van der Waals surface area contributed by atoms with Crippen LogP contribution in [-0.4, -0.2) is 20.1 Å². The van der Waals surface area contributed by atoms with Crippen molar-refractivity contribution in [3.8, 4) is 11.1 Å². The maximum absolute atomic E-state index is 5.31. The predicted octanol–water partition coefficient (Wildman–Crippen LogP) is 4.77. The first-order valence-corrected chi connectivity index (χ1v) is 8.52. The van der Waals surface area contributed by atoms with Crippen molar-refractivity contribution in [2.75, 3.05) is 5.32 Å². The third kappa shape index (κ3) is 3.03. The van der Waals surface area contributed by atoms with Crippen LogP contribution in [0, 0.1) is 13.8 Å². The fourth-order valence-electron chi connectivity index (χ4n) is 3.04. The van der Waals surface area contributed by atoms with Gasteiger partial charge in [-0.3, -0.25) is 4.40 Å². The molecule has 0 fully saturated rings. The highest BCUT2D eigenvalue weighted by molar-refractivity contribution is 5.72. The topological polar surface area (TPSA) is 55.4 Å². The molecule has 0 bridgehead atoms. The second kappa shape index (κ2) is 5.96. The summed E-state index contributed by atoms with van der Waals surface area (Å²) in [5, 5.41) is 7.66. The van der Waals surface area contributed by atoms with Crippen molar-refractivity contribution in [1.82, 2.24) is 14.5 Å². The molecule has 24 heavy (non-hydrogen) atoms. The van der Waals surface area contributed by atoms with Crippen LogP contribution in [0.25, 0.3) is 16.8 Å². The zero-order valence-electron chi connectivity index (χ0n) is 15.4. The summed E-state index contributed by atoms with van der Waals surface area (Å²) < 4.78 is 7.44. The Morgan fingerprint density at radius 1 is 1.25 bits per heavy atom. The molecule has 5 nitrogen and oxygen atoms in total. The molecule has 3 rings (SSSR count). The molecule has 0 aliphatic rings. The number of imidazole rings is 1. The number of rotatable bonds is 4. The van der Waals surface area contributed by atoms with Crippen LogP contribution in [0.2, 0.25) is 0 Å². The summed E-state index contributed by atoms with van der Waals surface area (Å²) in [7, 11) is 0. The van der Waals surface area contributed by atoms with Crippen LogP contribution >= 0.6 is 0 Å². The number of nitrogens with zero attached hydrogens (tertiary/aromatic N) is 3. The molecule has 3 heterocycles. The first-order valence-electron chi connectivity index (χ1n) is 8.52. The zero-order chi connectivity index (χ0) is 17.5. The van der Waals surface area contributed by atoms with Gasteiger partial charge >= 0.3 is 0 Å². The fraction of sp³-hybridized carbons (Fsp3) is 0.474. The summed E-state index contributed by atoms with van der Waals surface area (Å²) in [4.78, 5) is 4.87. The van der Waals surface area contributed by atoms with Crippen LogP contribution in [0.5, 0.6) is 0 Å². The molecule has 3 aromatic rings. The largest absolute Gasteiger partial charge is 0.365 e. The van der Waals surface area contributed by atoms with Gasteiger partial charge in [0, 0.05) is 17.3 Å². The van der Waals surface area contributed by atoms with Gasteiger partial charge < -0.3 is 9.84 Å². The van der Waals surface area contributed by atoms with E-state index in [4.69, 9.17) is 9.51 Å². The molecule has 0 unspecified atom stereocenters. The average molecular weight is 326 g/mol. The summed E-state index contributed by atoms with van der Waals surface area (Å²) in [6.45, 7) is 12.6. The summed E-state index contributed by atoms with van der Waals surface area (Å²) >= 11 is 0. The van der Waals surface area contributed by atoms with E-state index in [1.54, 1.807) is 0 Å². The third-order valence-corrected chi connectivity index (χ3v) is 4.00. The molecule has 5 heteroatoms. The molecular weight excluding hydrogens is 300 g/mol. The van der Waals surface area contributed by atoms with E-state index in [2.05, 4.69) is 60.9 Å². The van der Waals surface area contributed by atoms with Gasteiger partial charge in [-0.25, -0.2) is 4.98 Å². The number of aromatic nitrogens is 3. The lowest BCUT2D eigenvalue weighted by molar-refractivity contribution is 0.393. The molecule has 0 saturated carbocycles. The molecule has 128 valence electrons. The molecule has 0 amide bonds. The second-order valence-electron chi connectivity index (χ2n) is 7.37. The molecule has 0 radical (unpaired) electrons. The number of nitrogens with one attached hydrogen (secondary N) is 1. The van der Waals surface area contributed by atoms with Crippen molar-refractivity contribution < 1.29 is 4.52 Å². The lowest BCUT2D eigenvalue weighted by atomic mass is 10.1. The van der Waals surface area contributed by atoms with Crippen molar-refractivity contribution in [2.45, 2.75) is 59.9 Å². The van der Waals surface area contributed by atoms with Crippen LogP contribution in [0.1, 0.15) is 51.3 Å². The number of hydrogen-bond acceptors (Lipinski definition) is 4. The molecule has 0 saturated heterocycles. The van der Waals surface area contributed by atoms with E-state index in [1.807, 2.05) is 13.8 Å². The Morgan fingerprint density at radius 3 is 2.58 bits per heavy atom. The van der Waals surface area contributed by atoms with Crippen LogP contribution in [-0.2, 0) is 6.42 Å². The van der Waals surface area contributed by atoms with Gasteiger partial charge in [0.15, 0.2) is 0 Å². The van der Waals surface area contributed by atoms with Gasteiger partial charge in [-0.2, -0.15) is 0 Å². The molecule has 0 atom stereocenters. The predicted molar refractivity (Wildman–Crippen MR) is 97.5 cm³/mol. The highest BCUT2D eigenvalue weighted by Gasteiger charge is 2.19. The number of hydrogen-bond donors (Lipinski definition) is 1. The smallest absolute Gasteiger partial charge is 0.141 e. The van der Waals surface area contributed by atoms with Gasteiger partial charge in [0.2, 0.25) is 0 Å². The number of aryl methyl sites for hydroxylation is 3. The lowest BCUT2D eigenvalue weighted by Crippen LogP contribution is -2.27. The van der Waals surface area contributed by atoms with Gasteiger partial charge in [0.05, 0.1) is 11.4 Å². The van der Waals surface area contributed by atoms with Crippen molar-refractivity contribution >= 4 is 11.5 Å². The van der Waals surface area contributed by atoms with Crippen LogP contribution in [0.3, 0.4) is 0 Å². The molecule has 0 aromatic carbocycles. The minimum absolute atomic E-state index is 0.0151. The monoisotopic (exact) mass is 326 g/mol. The molecule has 0 aliphatic carbocycles. The van der Waals surface area contributed by atoms with E-state index in [-0.39, 0.29) is 5.54 Å². The van der Waals surface area contributed by atoms with Crippen LogP contribution in [0.4, 0.5) is 5.82 Å². The lowest BCUT2D eigenvalue weighted by Gasteiger charge is -2.22. The Labute approximate surface area is 143 Å². The number of pyridine rings is 1. The van der Waals surface area contributed by atoms with Gasteiger partial charge in [0.1, 0.15) is 17.2 Å². The average Bonchev–Trinajstić information content (AvgIpc) is 2.98. The van der Waals surface area contributed by atoms with Crippen molar-refractivity contribution in [2.24, 2.45) is 0 Å². The first-order chi connectivity index (χ1) is 11.3. The Morgan fingerprint density at radius 2 is 2.00 bits per heavy atom. The molecular formula is C19H26N4O. The third-order valence-electron chi connectivity index (χ3n) is 4.00. The highest BCUT2D eigenvalue weighted by Crippen LogP contribution is 2.30. The fourth-order valence-corrected chi connectivity index (χ4v) is 3.04. The minimum atomic E-state index is -0.0151. The van der Waals surface area contributed by atoms with E-state index < -0.39 is 0 Å². The molecule has 0 spiro atoms. The second-order valence-corrected chi connectivity index (χ2v) is 7.37. The van der Waals surface area contributed by atoms with Gasteiger partial charge in [0.25, 0.3) is 0 Å². The number of anilines is 1. The quantitative estimate of drug-likeness (QED) is 0.750. The zero-order valence-corrected chi connectivity index (χ0v) is 15.4. The van der Waals surface area contributed by atoms with Gasteiger partial charge in [-0.05, 0) is 58.7 Å². The van der Waals surface area contributed by atoms with Crippen molar-refractivity contribution in [3.05, 3.63) is 35.5 Å². The maximum atomic E-state index is 5.31. The first kappa shape index (κ1) is 16.6. The Balaban J connectivity index is 2.14. The SMILES string of the molecule is CCCc1nc2cc(-c3c(C)noc3C)ccn2c1NC(C)(C)C. The van der Waals surface area contributed by atoms with E-state index >= 15 is 0 Å². The molecule has 3 aromatic heterocycles. The standard InChI is InChI=1S/C19H26N4O/c1-7-8-15-18(21-19(4,5)6)23-10-9-14(11-16(23)20-15)17-12(2)22-24-13(17)3/h9-11,21H,7-8H2,1-6H3. The normalized spacial score (nSPS) is 12.1. The summed E-state index contributed by atoms with van der Waals surface area (Å²) in [5.74, 6) is 1.93. The van der Waals surface area contributed by atoms with Crippen LogP contribution < -0.4 is 5.32 Å². The Hall–Kier alpha value is -2.30. The maximum Gasteiger partial charge on any atom is 0.141 e. The Kier molecular flexibility index (Phi) is 4.11. The Bertz CT molecular complexity index is 848.